The van der Waals surface area contributed by atoms with Crippen molar-refractivity contribution in [3.63, 3.8) is 0 Å². The number of likely N-dealkylation sites (tertiary alicyclic amines) is 1. The molecular formula is C21H24F4N4O4. The summed E-state index contributed by atoms with van der Waals surface area (Å²) in [6.45, 7) is 3.46. The lowest BCUT2D eigenvalue weighted by Crippen LogP contribution is -2.53. The van der Waals surface area contributed by atoms with Crippen LogP contribution in [-0.2, 0) is 19.9 Å². The van der Waals surface area contributed by atoms with E-state index in [1.165, 1.54) is 0 Å². The maximum Gasteiger partial charge on any atom is 0.490 e. The van der Waals surface area contributed by atoms with Crippen LogP contribution in [-0.4, -0.2) is 77.1 Å². The monoisotopic (exact) mass is 472 g/mol. The van der Waals surface area contributed by atoms with Gasteiger partial charge >= 0.3 is 12.1 Å². The number of aromatic nitrogens is 2. The minimum Gasteiger partial charge on any atom is -0.475 e. The number of rotatable bonds is 5. The minimum atomic E-state index is -5.08. The molecule has 1 N–H and O–H groups in total. The summed E-state index contributed by atoms with van der Waals surface area (Å²) >= 11 is 0. The second-order valence-electron chi connectivity index (χ2n) is 7.49. The van der Waals surface area contributed by atoms with Crippen LogP contribution >= 0.6 is 0 Å². The second-order valence-corrected chi connectivity index (χ2v) is 7.49. The van der Waals surface area contributed by atoms with E-state index < -0.39 is 24.4 Å². The molecule has 1 saturated heterocycles. The number of nitrogens with zero attached hydrogens (tertiary/aromatic N) is 4. The summed E-state index contributed by atoms with van der Waals surface area (Å²) < 4.78 is 52.6. The Balaban J connectivity index is 0.000000383. The predicted octanol–water partition coefficient (Wildman–Crippen LogP) is 2.76. The van der Waals surface area contributed by atoms with E-state index in [-0.39, 0.29) is 19.1 Å². The number of carboxylic acids is 1. The molecule has 4 heterocycles. The Morgan fingerprint density at radius 1 is 1.27 bits per heavy atom. The molecule has 0 aromatic carbocycles. The molecule has 8 nitrogen and oxygen atoms in total. The lowest BCUT2D eigenvalue weighted by atomic mass is 9.89. The molecule has 0 bridgehead atoms. The number of ether oxygens (including phenoxy) is 1. The smallest absolute Gasteiger partial charge is 0.475 e. The van der Waals surface area contributed by atoms with E-state index >= 15 is 0 Å². The number of amides is 1. The lowest BCUT2D eigenvalue weighted by molar-refractivity contribution is -0.192. The number of carboxylic acid groups (broad SMARTS) is 1. The number of carbonyl (C=O) groups is 2. The molecule has 4 rings (SSSR count). The van der Waals surface area contributed by atoms with Crippen LogP contribution in [0.4, 0.5) is 23.2 Å². The maximum absolute atomic E-state index is 13.5. The van der Waals surface area contributed by atoms with Gasteiger partial charge in [0.15, 0.2) is 5.82 Å². The van der Waals surface area contributed by atoms with Crippen LogP contribution in [0.25, 0.3) is 5.82 Å². The SMILES string of the molecule is CCOCC(=O)N1CCC2(C1)c1cccn1-c1ncccc1N2CCF.O=C(O)C(F)(F)F. The minimum absolute atomic E-state index is 0.0148. The second kappa shape index (κ2) is 9.77. The topological polar surface area (TPSA) is 87.9 Å². The summed E-state index contributed by atoms with van der Waals surface area (Å²) in [5, 5.41) is 7.12. The highest BCUT2D eigenvalue weighted by atomic mass is 19.4. The normalized spacial score (nSPS) is 19.1. The zero-order chi connectivity index (χ0) is 24.2. The highest BCUT2D eigenvalue weighted by molar-refractivity contribution is 5.78. The zero-order valence-electron chi connectivity index (χ0n) is 17.9. The number of halogens is 4. The zero-order valence-corrected chi connectivity index (χ0v) is 17.9. The van der Waals surface area contributed by atoms with Crippen LogP contribution in [0.3, 0.4) is 0 Å². The summed E-state index contributed by atoms with van der Waals surface area (Å²) in [6.07, 6.45) is -0.593. The first kappa shape index (κ1) is 24.5. The average Bonchev–Trinajstić information content (AvgIpc) is 3.44. The molecule has 180 valence electrons. The number of carbonyl (C=O) groups excluding carboxylic acids is 1. The van der Waals surface area contributed by atoms with E-state index in [9.17, 15) is 22.4 Å². The van der Waals surface area contributed by atoms with Gasteiger partial charge in [0, 0.05) is 38.6 Å². The Labute approximate surface area is 187 Å². The molecule has 2 aliphatic rings. The van der Waals surface area contributed by atoms with Crippen LogP contribution in [0.5, 0.6) is 0 Å². The number of hydrogen-bond acceptors (Lipinski definition) is 5. The molecule has 1 unspecified atom stereocenters. The molecule has 0 radical (unpaired) electrons. The third-order valence-electron chi connectivity index (χ3n) is 5.61. The summed E-state index contributed by atoms with van der Waals surface area (Å²) in [4.78, 5) is 29.8. The number of pyridine rings is 1. The van der Waals surface area contributed by atoms with Crippen molar-refractivity contribution in [1.29, 1.82) is 0 Å². The Morgan fingerprint density at radius 3 is 2.64 bits per heavy atom. The van der Waals surface area contributed by atoms with Gasteiger partial charge in [-0.2, -0.15) is 13.2 Å². The van der Waals surface area contributed by atoms with Crippen LogP contribution in [0, 0.1) is 0 Å². The molecule has 12 heteroatoms. The third kappa shape index (κ3) is 4.80. The molecule has 0 saturated carbocycles. The molecule has 1 spiro atoms. The van der Waals surface area contributed by atoms with Gasteiger partial charge < -0.3 is 24.2 Å². The van der Waals surface area contributed by atoms with Crippen molar-refractivity contribution in [3.05, 3.63) is 42.4 Å². The average molecular weight is 472 g/mol. The van der Waals surface area contributed by atoms with Gasteiger partial charge in [0.25, 0.3) is 0 Å². The fourth-order valence-corrected chi connectivity index (χ4v) is 4.23. The van der Waals surface area contributed by atoms with E-state index in [4.69, 9.17) is 14.6 Å². The summed E-state index contributed by atoms with van der Waals surface area (Å²) in [6, 6.07) is 7.89. The van der Waals surface area contributed by atoms with Gasteiger partial charge in [-0.05, 0) is 37.6 Å². The number of hydrogen-bond donors (Lipinski definition) is 1. The van der Waals surface area contributed by atoms with E-state index in [2.05, 4.69) is 20.5 Å². The largest absolute Gasteiger partial charge is 0.490 e. The fourth-order valence-electron chi connectivity index (χ4n) is 4.23. The molecular weight excluding hydrogens is 448 g/mol. The number of anilines is 1. The summed E-state index contributed by atoms with van der Waals surface area (Å²) in [5.74, 6) is -1.96. The highest BCUT2D eigenvalue weighted by Gasteiger charge is 2.50. The predicted molar refractivity (Wildman–Crippen MR) is 110 cm³/mol. The number of fused-ring (bicyclic) bond motifs is 4. The van der Waals surface area contributed by atoms with Crippen LogP contribution in [0.15, 0.2) is 36.7 Å². The maximum atomic E-state index is 13.5. The Morgan fingerprint density at radius 2 is 2.00 bits per heavy atom. The van der Waals surface area contributed by atoms with E-state index in [0.717, 1.165) is 23.6 Å². The molecule has 2 aromatic heterocycles. The van der Waals surface area contributed by atoms with Gasteiger partial charge in [-0.3, -0.25) is 4.79 Å². The van der Waals surface area contributed by atoms with Crippen molar-refractivity contribution in [3.8, 4) is 5.82 Å². The molecule has 1 amide bonds. The van der Waals surface area contributed by atoms with E-state index in [1.807, 2.05) is 36.2 Å². The summed E-state index contributed by atoms with van der Waals surface area (Å²) in [5.41, 5.74) is 1.53. The van der Waals surface area contributed by atoms with Gasteiger partial charge in [-0.1, -0.05) is 0 Å². The number of alkyl halides is 4. The Bertz CT molecular complexity index is 997. The summed E-state index contributed by atoms with van der Waals surface area (Å²) in [7, 11) is 0. The van der Waals surface area contributed by atoms with Gasteiger partial charge in [0.05, 0.1) is 11.4 Å². The highest BCUT2D eigenvalue weighted by Crippen LogP contribution is 2.46. The first-order valence-electron chi connectivity index (χ1n) is 10.3. The standard InChI is InChI=1S/C19H23FN4O2.C2HF3O2/c1-2-26-13-17(25)22-11-7-19(14-22)16-6-4-10-23(16)18-15(5-3-9-21-18)24(19)12-8-20;3-2(4,5)1(6)7/h3-6,9-10H,2,7-8,11-14H2,1H3;(H,6,7). The van der Waals surface area contributed by atoms with E-state index in [0.29, 0.717) is 19.7 Å². The van der Waals surface area contributed by atoms with Gasteiger partial charge in [-0.25, -0.2) is 14.2 Å². The molecule has 0 aliphatic carbocycles. The Hall–Kier alpha value is -3.15. The first-order chi connectivity index (χ1) is 15.7. The molecule has 1 fully saturated rings. The van der Waals surface area contributed by atoms with Crippen molar-refractivity contribution in [2.24, 2.45) is 0 Å². The quantitative estimate of drug-likeness (QED) is 0.674. The van der Waals surface area contributed by atoms with Crippen LogP contribution in [0.2, 0.25) is 0 Å². The van der Waals surface area contributed by atoms with E-state index in [1.54, 1.807) is 6.20 Å². The Kier molecular flexibility index (Phi) is 7.25. The molecule has 2 aliphatic heterocycles. The van der Waals surface area contributed by atoms with Gasteiger partial charge in [0.1, 0.15) is 18.8 Å². The van der Waals surface area contributed by atoms with Gasteiger partial charge in [-0.15, -0.1) is 0 Å². The van der Waals surface area contributed by atoms with Crippen molar-refractivity contribution in [1.82, 2.24) is 14.5 Å². The van der Waals surface area contributed by atoms with Crippen molar-refractivity contribution in [2.45, 2.75) is 25.1 Å². The molecule has 2 aromatic rings. The lowest BCUT2D eigenvalue weighted by Gasteiger charge is -2.46. The molecule has 1 atom stereocenters. The van der Waals surface area contributed by atoms with Crippen molar-refractivity contribution in [2.75, 3.05) is 44.4 Å². The van der Waals surface area contributed by atoms with Crippen LogP contribution in [0.1, 0.15) is 19.0 Å². The third-order valence-corrected chi connectivity index (χ3v) is 5.61. The van der Waals surface area contributed by atoms with Crippen molar-refractivity contribution >= 4 is 17.6 Å². The van der Waals surface area contributed by atoms with Crippen molar-refractivity contribution < 1.29 is 37.0 Å². The van der Waals surface area contributed by atoms with Gasteiger partial charge in [0.2, 0.25) is 5.91 Å². The fraction of sp³-hybridized carbons (Fsp3) is 0.476. The van der Waals surface area contributed by atoms with Crippen LogP contribution < -0.4 is 4.90 Å². The first-order valence-corrected chi connectivity index (χ1v) is 10.3. The number of aliphatic carboxylic acids is 1. The molecule has 33 heavy (non-hydrogen) atoms.